The van der Waals surface area contributed by atoms with Gasteiger partial charge in [-0.3, -0.25) is 14.5 Å². The third-order valence-corrected chi connectivity index (χ3v) is 10.3. The van der Waals surface area contributed by atoms with Gasteiger partial charge in [-0.15, -0.1) is 12.3 Å². The van der Waals surface area contributed by atoms with Crippen LogP contribution in [-0.4, -0.2) is 47.1 Å². The summed E-state index contributed by atoms with van der Waals surface area (Å²) < 4.78 is 15.9. The molecule has 1 aliphatic carbocycles. The van der Waals surface area contributed by atoms with Gasteiger partial charge in [0.15, 0.2) is 0 Å². The lowest BCUT2D eigenvalue weighted by atomic mass is 9.55. The minimum absolute atomic E-state index is 0.0856. The highest BCUT2D eigenvalue weighted by Gasteiger charge is 2.76. The molecule has 3 atom stereocenters. The second kappa shape index (κ2) is 12.0. The molecule has 5 nitrogen and oxygen atoms in total. The molecule has 2 spiro atoms. The molecule has 1 saturated heterocycles. The molecule has 2 aromatic carbocycles. The summed E-state index contributed by atoms with van der Waals surface area (Å²) in [5.74, 6) is -0.214. The fraction of sp³-hybridized carbons (Fsp3) is 0.515. The van der Waals surface area contributed by atoms with Crippen LogP contribution in [0.15, 0.2) is 36.4 Å². The van der Waals surface area contributed by atoms with E-state index in [0.29, 0.717) is 30.1 Å². The number of carboxylic acid groups (broad SMARTS) is 1. The maximum absolute atomic E-state index is 15.9. The van der Waals surface area contributed by atoms with E-state index in [9.17, 15) is 9.90 Å². The average Bonchev–Trinajstić information content (AvgIpc) is 3.32. The number of rotatable bonds is 9. The number of carbonyl (C=O) groups excluding carboxylic acids is 1. The molecular formula is C33H37Cl2FN2O3. The van der Waals surface area contributed by atoms with Crippen LogP contribution >= 0.6 is 23.2 Å². The van der Waals surface area contributed by atoms with Crippen LogP contribution in [0.5, 0.6) is 0 Å². The Kier molecular flexibility index (Phi) is 8.71. The Morgan fingerprint density at radius 1 is 1.10 bits per heavy atom. The van der Waals surface area contributed by atoms with Gasteiger partial charge in [0, 0.05) is 35.1 Å². The van der Waals surface area contributed by atoms with Crippen molar-refractivity contribution in [3.63, 3.8) is 0 Å². The molecule has 8 heteroatoms. The molecule has 2 heterocycles. The lowest BCUT2D eigenvalue weighted by Gasteiger charge is -2.50. The first-order valence-electron chi connectivity index (χ1n) is 14.7. The number of benzene rings is 2. The van der Waals surface area contributed by atoms with Gasteiger partial charge in [-0.25, -0.2) is 4.39 Å². The quantitative estimate of drug-likeness (QED) is 0.239. The molecule has 218 valence electrons. The van der Waals surface area contributed by atoms with Gasteiger partial charge >= 0.3 is 5.97 Å². The highest BCUT2D eigenvalue weighted by Crippen LogP contribution is 2.67. The molecule has 2 fully saturated rings. The van der Waals surface area contributed by atoms with E-state index in [-0.39, 0.29) is 16.5 Å². The predicted molar refractivity (Wildman–Crippen MR) is 161 cm³/mol. The molecule has 41 heavy (non-hydrogen) atoms. The molecule has 5 rings (SSSR count). The van der Waals surface area contributed by atoms with Crippen molar-refractivity contribution in [2.75, 3.05) is 18.5 Å². The lowest BCUT2D eigenvalue weighted by Crippen LogP contribution is -2.61. The molecule has 1 N–H and O–H groups in total. The van der Waals surface area contributed by atoms with Gasteiger partial charge in [-0.05, 0) is 62.1 Å². The van der Waals surface area contributed by atoms with Gasteiger partial charge < -0.3 is 10.0 Å². The van der Waals surface area contributed by atoms with Crippen molar-refractivity contribution in [2.45, 2.75) is 93.5 Å². The minimum Gasteiger partial charge on any atom is -0.480 e. The fourth-order valence-corrected chi connectivity index (χ4v) is 8.50. The third kappa shape index (κ3) is 4.65. The number of aliphatic carboxylic acids is 1. The van der Waals surface area contributed by atoms with Crippen molar-refractivity contribution in [3.8, 4) is 12.3 Å². The van der Waals surface area contributed by atoms with Crippen molar-refractivity contribution < 1.29 is 19.1 Å². The highest BCUT2D eigenvalue weighted by atomic mass is 35.5. The molecule has 1 amide bonds. The van der Waals surface area contributed by atoms with Crippen molar-refractivity contribution >= 4 is 40.8 Å². The van der Waals surface area contributed by atoms with E-state index in [0.717, 1.165) is 63.4 Å². The number of carboxylic acids is 1. The Labute approximate surface area is 252 Å². The lowest BCUT2D eigenvalue weighted by molar-refractivity contribution is -0.143. The number of halogens is 3. The van der Waals surface area contributed by atoms with E-state index in [1.165, 1.54) is 6.07 Å². The fourth-order valence-electron chi connectivity index (χ4n) is 8.15. The zero-order chi connectivity index (χ0) is 29.4. The molecule has 0 bridgehead atoms. The second-order valence-corrected chi connectivity index (χ2v) is 12.6. The van der Waals surface area contributed by atoms with E-state index >= 15 is 9.18 Å². The standard InChI is InChI=1S/C33H37Cl2FN2O3/c1-3-4-5-6-7-8-12-20-38-26-21-22(34)16-17-24(26)33(31(38)41)27(23-14-13-15-25(35)28(23)36)29(30(39)40)37(2)32(33)18-10-9-11-19-32/h1,13-17,21,27,29H,4-12,18-20H2,2H3,(H,39,40)/t27?,29-,33-/m1/s1. The number of anilines is 1. The Morgan fingerprint density at radius 3 is 2.51 bits per heavy atom. The first kappa shape index (κ1) is 29.9. The minimum atomic E-state index is -1.32. The zero-order valence-corrected chi connectivity index (χ0v) is 25.0. The maximum atomic E-state index is 15.9. The Balaban J connectivity index is 1.68. The number of amides is 1. The van der Waals surface area contributed by atoms with Crippen molar-refractivity contribution in [2.24, 2.45) is 0 Å². The van der Waals surface area contributed by atoms with E-state index in [4.69, 9.17) is 29.6 Å². The van der Waals surface area contributed by atoms with Gasteiger partial charge in [0.1, 0.15) is 17.3 Å². The van der Waals surface area contributed by atoms with E-state index in [2.05, 4.69) is 5.92 Å². The Bertz CT molecular complexity index is 1370. The summed E-state index contributed by atoms with van der Waals surface area (Å²) >= 11 is 12.8. The Morgan fingerprint density at radius 2 is 1.80 bits per heavy atom. The van der Waals surface area contributed by atoms with Crippen molar-refractivity contribution in [3.05, 3.63) is 63.4 Å². The molecular weight excluding hydrogens is 562 g/mol. The number of fused-ring (bicyclic) bond motifs is 3. The first-order chi connectivity index (χ1) is 19.7. The van der Waals surface area contributed by atoms with Crippen molar-refractivity contribution in [1.29, 1.82) is 0 Å². The zero-order valence-electron chi connectivity index (χ0n) is 23.5. The number of unbranched alkanes of at least 4 members (excludes halogenated alkanes) is 5. The summed E-state index contributed by atoms with van der Waals surface area (Å²) in [6.45, 7) is 0.478. The van der Waals surface area contributed by atoms with Gasteiger partial charge in [-0.2, -0.15) is 0 Å². The number of hydrogen-bond acceptors (Lipinski definition) is 3. The van der Waals surface area contributed by atoms with E-state index in [1.807, 2.05) is 17.0 Å². The normalized spacial score (nSPS) is 25.1. The average molecular weight is 600 g/mol. The highest BCUT2D eigenvalue weighted by molar-refractivity contribution is 6.31. The molecule has 2 aliphatic heterocycles. The molecule has 3 aliphatic rings. The summed E-state index contributed by atoms with van der Waals surface area (Å²) in [7, 11) is 1.80. The van der Waals surface area contributed by atoms with Gasteiger partial charge in [0.05, 0.1) is 5.02 Å². The molecule has 2 aromatic rings. The van der Waals surface area contributed by atoms with Crippen LogP contribution in [0.3, 0.4) is 0 Å². The van der Waals surface area contributed by atoms with Crippen LogP contribution in [-0.2, 0) is 15.0 Å². The largest absolute Gasteiger partial charge is 0.480 e. The summed E-state index contributed by atoms with van der Waals surface area (Å²) in [6, 6.07) is 9.02. The van der Waals surface area contributed by atoms with Crippen LogP contribution in [0, 0.1) is 18.2 Å². The van der Waals surface area contributed by atoms with Crippen LogP contribution in [0.1, 0.15) is 87.7 Å². The molecule has 1 unspecified atom stereocenters. The maximum Gasteiger partial charge on any atom is 0.321 e. The van der Waals surface area contributed by atoms with E-state index in [1.54, 1.807) is 30.1 Å². The number of hydrogen-bond donors (Lipinski definition) is 1. The Hall–Kier alpha value is -2.59. The summed E-state index contributed by atoms with van der Waals surface area (Å²) in [5.41, 5.74) is -0.515. The smallest absolute Gasteiger partial charge is 0.321 e. The molecule has 1 saturated carbocycles. The van der Waals surface area contributed by atoms with Crippen LogP contribution in [0.25, 0.3) is 0 Å². The van der Waals surface area contributed by atoms with Gasteiger partial charge in [0.2, 0.25) is 5.91 Å². The predicted octanol–water partition coefficient (Wildman–Crippen LogP) is 7.58. The number of likely N-dealkylation sites (N-methyl/N-ethyl adjacent to an activating group) is 1. The first-order valence-corrected chi connectivity index (χ1v) is 15.4. The van der Waals surface area contributed by atoms with Crippen LogP contribution in [0.4, 0.5) is 10.1 Å². The summed E-state index contributed by atoms with van der Waals surface area (Å²) in [6.07, 6.45) is 14.9. The van der Waals surface area contributed by atoms with E-state index < -0.39 is 34.7 Å². The van der Waals surface area contributed by atoms with Crippen LogP contribution < -0.4 is 4.90 Å². The molecule has 0 radical (unpaired) electrons. The van der Waals surface area contributed by atoms with Gasteiger partial charge in [0.25, 0.3) is 0 Å². The number of terminal acetylenes is 1. The monoisotopic (exact) mass is 598 g/mol. The third-order valence-electron chi connectivity index (χ3n) is 9.82. The summed E-state index contributed by atoms with van der Waals surface area (Å²) in [4.78, 5) is 31.9. The molecule has 0 aromatic heterocycles. The second-order valence-electron chi connectivity index (χ2n) is 11.8. The number of likely N-dealkylation sites (tertiary alicyclic amines) is 1. The topological polar surface area (TPSA) is 60.9 Å². The SMILES string of the molecule is C#CCCCCCCCN1C(=O)[C@@]2(c3ccc(Cl)cc31)C(c1cccc(Cl)c1F)[C@H](C(=O)O)N(C)C21CCCCC1. The summed E-state index contributed by atoms with van der Waals surface area (Å²) in [5, 5.41) is 11.1. The van der Waals surface area contributed by atoms with Crippen LogP contribution in [0.2, 0.25) is 10.0 Å². The van der Waals surface area contributed by atoms with Crippen molar-refractivity contribution in [1.82, 2.24) is 4.90 Å². The number of carbonyl (C=O) groups is 2. The number of nitrogens with zero attached hydrogens (tertiary/aromatic N) is 2. The van der Waals surface area contributed by atoms with Gasteiger partial charge in [-0.1, -0.05) is 79.9 Å².